The number of aromatic nitrogens is 4. The molecule has 10 nitrogen and oxygen atoms in total. The topological polar surface area (TPSA) is 123 Å². The Morgan fingerprint density at radius 2 is 1.57 bits per heavy atom. The summed E-state index contributed by atoms with van der Waals surface area (Å²) in [4.78, 5) is 12.3. The molecule has 0 bridgehead atoms. The summed E-state index contributed by atoms with van der Waals surface area (Å²) in [6.45, 7) is 0.891. The Morgan fingerprint density at radius 3 is 2.28 bits per heavy atom. The first-order valence-corrected chi connectivity index (χ1v) is 16.1. The minimum atomic E-state index is -0.557. The predicted molar refractivity (Wildman–Crippen MR) is 175 cm³/mol. The van der Waals surface area contributed by atoms with Crippen LogP contribution in [0.1, 0.15) is 46.6 Å². The zero-order valence-electron chi connectivity index (χ0n) is 25.5. The van der Waals surface area contributed by atoms with Gasteiger partial charge in [0, 0.05) is 37.9 Å². The fourth-order valence-electron chi connectivity index (χ4n) is 5.25. The molecule has 236 valence electrons. The second-order valence-electron chi connectivity index (χ2n) is 11.1. The molecule has 2 heterocycles. The maximum Gasteiger partial charge on any atom is 0.315 e. The van der Waals surface area contributed by atoms with Crippen LogP contribution in [0.5, 0.6) is 0 Å². The van der Waals surface area contributed by atoms with Crippen molar-refractivity contribution in [2.24, 2.45) is 7.05 Å². The van der Waals surface area contributed by atoms with Crippen molar-refractivity contribution in [1.82, 2.24) is 30.8 Å². The molecule has 0 spiro atoms. The average Bonchev–Trinajstić information content (AvgIpc) is 3.53. The number of aliphatic hydroxyl groups excluding tert-OH is 1. The van der Waals surface area contributed by atoms with Crippen molar-refractivity contribution in [3.63, 3.8) is 0 Å². The number of aliphatic hydroxyl groups is 1. The third-order valence-electron chi connectivity index (χ3n) is 7.79. The number of nitrogens with zero attached hydrogens (tertiary/aromatic N) is 4. The van der Waals surface area contributed by atoms with Crippen LogP contribution in [0.25, 0.3) is 11.1 Å². The SMILES string of the molecule is Cn1nnnc1SC[C@@H]1C[C@H](c2ccc(CO)cc2)O[C@H](c2ccc(-c3cccc(CNC(=O)NCc4ccccc4)c3)cc2)O1. The highest BCUT2D eigenvalue weighted by molar-refractivity contribution is 7.99. The lowest BCUT2D eigenvalue weighted by Crippen LogP contribution is -2.34. The lowest BCUT2D eigenvalue weighted by Gasteiger charge is -2.36. The Kier molecular flexibility index (Phi) is 10.4. The standard InChI is InChI=1S/C35H36N6O4S/c1-41-35(38-39-40-41)46-23-31-19-32(28-12-10-25(22-42)11-13-28)45-33(44-31)29-16-14-27(15-17-29)30-9-5-8-26(18-30)21-37-34(43)36-20-24-6-3-2-4-7-24/h2-18,31-33,42H,19-23H2,1H3,(H2,36,37,43)/t31-,32+,33+/m0/s1. The molecule has 0 unspecified atom stereocenters. The number of carbonyl (C=O) groups is 1. The van der Waals surface area contributed by atoms with Gasteiger partial charge in [0.2, 0.25) is 5.16 Å². The molecular formula is C35H36N6O4S. The van der Waals surface area contributed by atoms with Crippen LogP contribution >= 0.6 is 11.8 Å². The quantitative estimate of drug-likeness (QED) is 0.158. The first-order valence-electron chi connectivity index (χ1n) is 15.1. The zero-order chi connectivity index (χ0) is 31.7. The summed E-state index contributed by atoms with van der Waals surface area (Å²) in [5.74, 6) is 0.669. The van der Waals surface area contributed by atoms with Gasteiger partial charge in [-0.2, -0.15) is 0 Å². The Morgan fingerprint density at radius 1 is 0.848 bits per heavy atom. The Balaban J connectivity index is 1.11. The Hall–Kier alpha value is -4.55. The summed E-state index contributed by atoms with van der Waals surface area (Å²) in [7, 11) is 1.82. The lowest BCUT2D eigenvalue weighted by molar-refractivity contribution is -0.245. The molecule has 5 aromatic rings. The van der Waals surface area contributed by atoms with Crippen LogP contribution in [0, 0.1) is 0 Å². The third-order valence-corrected chi connectivity index (χ3v) is 8.93. The smallest absolute Gasteiger partial charge is 0.315 e. The summed E-state index contributed by atoms with van der Waals surface area (Å²) >= 11 is 1.55. The molecule has 46 heavy (non-hydrogen) atoms. The van der Waals surface area contributed by atoms with E-state index < -0.39 is 6.29 Å². The molecule has 3 atom stereocenters. The molecule has 1 fully saturated rings. The molecule has 1 aromatic heterocycles. The summed E-state index contributed by atoms with van der Waals surface area (Å²) in [6, 6.07) is 33.8. The highest BCUT2D eigenvalue weighted by Crippen LogP contribution is 2.39. The predicted octanol–water partition coefficient (Wildman–Crippen LogP) is 5.71. The number of carbonyl (C=O) groups excluding carboxylic acids is 1. The number of rotatable bonds is 11. The molecule has 2 amide bonds. The average molecular weight is 637 g/mol. The minimum Gasteiger partial charge on any atom is -0.392 e. The van der Waals surface area contributed by atoms with Crippen molar-refractivity contribution >= 4 is 17.8 Å². The van der Waals surface area contributed by atoms with E-state index in [-0.39, 0.29) is 24.8 Å². The number of hydrogen-bond acceptors (Lipinski definition) is 8. The molecule has 11 heteroatoms. The minimum absolute atomic E-state index is 0.00159. The van der Waals surface area contributed by atoms with Gasteiger partial charge in [-0.3, -0.25) is 0 Å². The number of aryl methyl sites for hydroxylation is 1. The molecular weight excluding hydrogens is 600 g/mol. The Labute approximate surface area is 272 Å². The van der Waals surface area contributed by atoms with E-state index in [9.17, 15) is 9.90 Å². The largest absolute Gasteiger partial charge is 0.392 e. The van der Waals surface area contributed by atoms with Crippen LogP contribution in [0.2, 0.25) is 0 Å². The molecule has 3 N–H and O–H groups in total. The van der Waals surface area contributed by atoms with Crippen molar-refractivity contribution in [1.29, 1.82) is 0 Å². The molecule has 4 aromatic carbocycles. The molecule has 1 aliphatic rings. The summed E-state index contributed by atoms with van der Waals surface area (Å²) in [5.41, 5.74) is 6.97. The number of ether oxygens (including phenoxy) is 2. The highest BCUT2D eigenvalue weighted by atomic mass is 32.2. The van der Waals surface area contributed by atoms with E-state index in [2.05, 4.69) is 50.4 Å². The molecule has 1 aliphatic heterocycles. The van der Waals surface area contributed by atoms with Crippen LogP contribution in [-0.2, 0) is 36.2 Å². The fourth-order valence-corrected chi connectivity index (χ4v) is 6.12. The van der Waals surface area contributed by atoms with E-state index in [4.69, 9.17) is 9.47 Å². The van der Waals surface area contributed by atoms with Gasteiger partial charge in [0.15, 0.2) is 6.29 Å². The number of amides is 2. The normalized spacial score (nSPS) is 17.8. The highest BCUT2D eigenvalue weighted by Gasteiger charge is 2.32. The fraction of sp³-hybridized carbons (Fsp3) is 0.257. The van der Waals surface area contributed by atoms with Crippen molar-refractivity contribution in [3.8, 4) is 11.1 Å². The maximum atomic E-state index is 12.3. The molecule has 0 saturated carbocycles. The van der Waals surface area contributed by atoms with Crippen LogP contribution in [0.3, 0.4) is 0 Å². The van der Waals surface area contributed by atoms with Crippen molar-refractivity contribution in [3.05, 3.63) is 131 Å². The van der Waals surface area contributed by atoms with Gasteiger partial charge in [-0.15, -0.1) is 5.10 Å². The van der Waals surface area contributed by atoms with E-state index >= 15 is 0 Å². The van der Waals surface area contributed by atoms with Crippen LogP contribution < -0.4 is 10.6 Å². The lowest BCUT2D eigenvalue weighted by atomic mass is 9.99. The molecule has 0 radical (unpaired) electrons. The first kappa shape index (κ1) is 31.4. The molecule has 0 aliphatic carbocycles. The van der Waals surface area contributed by atoms with E-state index in [1.54, 1.807) is 16.4 Å². The molecule has 1 saturated heterocycles. The molecule has 6 rings (SSSR count). The second-order valence-corrected chi connectivity index (χ2v) is 12.1. The van der Waals surface area contributed by atoms with Crippen molar-refractivity contribution < 1.29 is 19.4 Å². The third kappa shape index (κ3) is 8.18. The van der Waals surface area contributed by atoms with Gasteiger partial charge in [0.25, 0.3) is 0 Å². The van der Waals surface area contributed by atoms with E-state index in [1.165, 1.54) is 0 Å². The number of tetrazole rings is 1. The van der Waals surface area contributed by atoms with Gasteiger partial charge in [-0.25, -0.2) is 9.48 Å². The van der Waals surface area contributed by atoms with E-state index in [0.29, 0.717) is 25.3 Å². The number of thioether (sulfide) groups is 1. The van der Waals surface area contributed by atoms with Gasteiger partial charge in [-0.05, 0) is 49.9 Å². The second kappa shape index (κ2) is 15.2. The van der Waals surface area contributed by atoms with Gasteiger partial charge in [0.05, 0.1) is 18.8 Å². The monoisotopic (exact) mass is 636 g/mol. The summed E-state index contributed by atoms with van der Waals surface area (Å²) < 4.78 is 14.6. The first-order chi connectivity index (χ1) is 22.5. The number of benzene rings is 4. The van der Waals surface area contributed by atoms with Gasteiger partial charge >= 0.3 is 6.03 Å². The zero-order valence-corrected chi connectivity index (χ0v) is 26.3. The van der Waals surface area contributed by atoms with Crippen LogP contribution in [0.15, 0.2) is 108 Å². The van der Waals surface area contributed by atoms with Crippen LogP contribution in [-0.4, -0.2) is 43.2 Å². The number of hydrogen-bond donors (Lipinski definition) is 3. The van der Waals surface area contributed by atoms with Crippen LogP contribution in [0.4, 0.5) is 4.79 Å². The van der Waals surface area contributed by atoms with Gasteiger partial charge in [0.1, 0.15) is 0 Å². The summed E-state index contributed by atoms with van der Waals surface area (Å²) in [6.07, 6.45) is -0.158. The van der Waals surface area contributed by atoms with E-state index in [0.717, 1.165) is 44.1 Å². The van der Waals surface area contributed by atoms with Gasteiger partial charge in [-0.1, -0.05) is 109 Å². The maximum absolute atomic E-state index is 12.3. The van der Waals surface area contributed by atoms with Crippen molar-refractivity contribution in [2.45, 2.75) is 49.8 Å². The van der Waals surface area contributed by atoms with E-state index in [1.807, 2.05) is 85.9 Å². The van der Waals surface area contributed by atoms with Crippen molar-refractivity contribution in [2.75, 3.05) is 5.75 Å². The number of nitrogens with one attached hydrogen (secondary N) is 2. The number of urea groups is 1. The van der Waals surface area contributed by atoms with Gasteiger partial charge < -0.3 is 25.2 Å². The Bertz CT molecular complexity index is 1720. The summed E-state index contributed by atoms with van der Waals surface area (Å²) in [5, 5.41) is 27.8.